The monoisotopic (exact) mass is 299 g/mol. The summed E-state index contributed by atoms with van der Waals surface area (Å²) in [5, 5.41) is 12.1. The smallest absolute Gasteiger partial charge is 0.230 e. The van der Waals surface area contributed by atoms with Gasteiger partial charge in [0.25, 0.3) is 0 Å². The third-order valence-electron chi connectivity index (χ3n) is 3.43. The van der Waals surface area contributed by atoms with Crippen molar-refractivity contribution in [2.45, 2.75) is 20.5 Å². The highest BCUT2D eigenvalue weighted by Gasteiger charge is 2.15. The molecule has 4 heteroatoms. The lowest BCUT2D eigenvalue weighted by atomic mass is 10.1. The number of anilines is 1. The Labute approximate surface area is 130 Å². The van der Waals surface area contributed by atoms with E-state index in [-0.39, 0.29) is 18.4 Å². The number of aryl methyl sites for hydroxylation is 1. The Morgan fingerprint density at radius 2 is 1.95 bits per heavy atom. The Morgan fingerprint density at radius 1 is 1.23 bits per heavy atom. The fraction of sp³-hybridized carbons (Fsp3) is 0.278. The third kappa shape index (κ3) is 4.33. The van der Waals surface area contributed by atoms with Gasteiger partial charge in [0.1, 0.15) is 5.75 Å². The predicted molar refractivity (Wildman–Crippen MR) is 86.8 cm³/mol. The Bertz CT molecular complexity index is 625. The van der Waals surface area contributed by atoms with Gasteiger partial charge in [-0.25, -0.2) is 0 Å². The molecule has 1 amide bonds. The topological polar surface area (TPSA) is 58.6 Å². The molecule has 0 spiro atoms. The maximum absolute atomic E-state index is 12.2. The number of hydrogen-bond acceptors (Lipinski definition) is 3. The predicted octanol–water partition coefficient (Wildman–Crippen LogP) is 3.14. The molecule has 2 aromatic rings. The number of hydrogen-bond donors (Lipinski definition) is 2. The molecule has 0 aliphatic carbocycles. The molecule has 0 aliphatic heterocycles. The molecule has 116 valence electrons. The van der Waals surface area contributed by atoms with Crippen molar-refractivity contribution in [1.82, 2.24) is 0 Å². The first-order valence-electron chi connectivity index (χ1n) is 7.29. The summed E-state index contributed by atoms with van der Waals surface area (Å²) in [6.07, 6.45) is 0. The Kier molecular flexibility index (Phi) is 5.55. The average molecular weight is 299 g/mol. The lowest BCUT2D eigenvalue weighted by molar-refractivity contribution is -0.120. The van der Waals surface area contributed by atoms with Crippen LogP contribution in [0.2, 0.25) is 0 Å². The molecule has 1 atom stereocenters. The van der Waals surface area contributed by atoms with Gasteiger partial charge in [0.05, 0.1) is 19.1 Å². The van der Waals surface area contributed by atoms with Gasteiger partial charge in [-0.3, -0.25) is 4.79 Å². The number of para-hydroxylation sites is 1. The quantitative estimate of drug-likeness (QED) is 0.861. The van der Waals surface area contributed by atoms with Gasteiger partial charge in [-0.15, -0.1) is 0 Å². The van der Waals surface area contributed by atoms with Gasteiger partial charge in [0, 0.05) is 5.69 Å². The summed E-state index contributed by atoms with van der Waals surface area (Å²) < 4.78 is 5.60. The van der Waals surface area contributed by atoms with Crippen LogP contribution in [0.1, 0.15) is 18.1 Å². The first-order chi connectivity index (χ1) is 10.6. The zero-order valence-electron chi connectivity index (χ0n) is 12.9. The Balaban J connectivity index is 1.94. The molecular formula is C18H21NO3. The van der Waals surface area contributed by atoms with Crippen molar-refractivity contribution in [1.29, 1.82) is 0 Å². The van der Waals surface area contributed by atoms with Crippen LogP contribution < -0.4 is 10.1 Å². The molecule has 2 rings (SSSR count). The van der Waals surface area contributed by atoms with E-state index in [1.54, 1.807) is 6.07 Å². The van der Waals surface area contributed by atoms with Gasteiger partial charge < -0.3 is 15.2 Å². The van der Waals surface area contributed by atoms with Crippen molar-refractivity contribution in [2.24, 2.45) is 5.92 Å². The molecule has 1 unspecified atom stereocenters. The summed E-state index contributed by atoms with van der Waals surface area (Å²) in [6, 6.07) is 14.9. The number of nitrogens with one attached hydrogen (secondary N) is 1. The Hall–Kier alpha value is -2.33. The van der Waals surface area contributed by atoms with Gasteiger partial charge in [-0.05, 0) is 36.2 Å². The van der Waals surface area contributed by atoms with E-state index in [2.05, 4.69) is 5.32 Å². The normalized spacial score (nSPS) is 11.8. The van der Waals surface area contributed by atoms with Crippen LogP contribution in [0.15, 0.2) is 48.5 Å². The van der Waals surface area contributed by atoms with Gasteiger partial charge in [-0.1, -0.05) is 37.3 Å². The van der Waals surface area contributed by atoms with Gasteiger partial charge >= 0.3 is 0 Å². The number of carbonyl (C=O) groups is 1. The van der Waals surface area contributed by atoms with Crippen molar-refractivity contribution in [3.8, 4) is 5.75 Å². The number of rotatable bonds is 6. The molecule has 0 saturated carbocycles. The maximum atomic E-state index is 12.2. The first kappa shape index (κ1) is 16.0. The summed E-state index contributed by atoms with van der Waals surface area (Å²) in [7, 11) is 0. The highest BCUT2D eigenvalue weighted by atomic mass is 16.5. The lowest BCUT2D eigenvalue weighted by Gasteiger charge is -2.15. The van der Waals surface area contributed by atoms with E-state index in [0.717, 1.165) is 22.6 Å². The third-order valence-corrected chi connectivity index (χ3v) is 3.43. The summed E-state index contributed by atoms with van der Waals surface area (Å²) in [5.74, 6) is 0.368. The molecule has 4 nitrogen and oxygen atoms in total. The minimum Gasteiger partial charge on any atom is -0.493 e. The van der Waals surface area contributed by atoms with Crippen molar-refractivity contribution in [3.63, 3.8) is 0 Å². The zero-order valence-corrected chi connectivity index (χ0v) is 12.9. The standard InChI is InChI=1S/C18H21NO3/c1-13-8-9-15(11-20)10-17(13)19-18(21)14(2)12-22-16-6-4-3-5-7-16/h3-10,14,20H,11-12H2,1-2H3,(H,19,21). The van der Waals surface area contributed by atoms with Crippen molar-refractivity contribution in [2.75, 3.05) is 11.9 Å². The maximum Gasteiger partial charge on any atom is 0.230 e. The molecule has 2 aromatic carbocycles. The number of carbonyl (C=O) groups excluding carboxylic acids is 1. The molecule has 0 fully saturated rings. The molecule has 22 heavy (non-hydrogen) atoms. The van der Waals surface area contributed by atoms with Crippen LogP contribution in [0.3, 0.4) is 0 Å². The van der Waals surface area contributed by atoms with E-state index in [4.69, 9.17) is 4.74 Å². The van der Waals surface area contributed by atoms with Crippen molar-refractivity contribution >= 4 is 11.6 Å². The van der Waals surface area contributed by atoms with E-state index in [0.29, 0.717) is 6.61 Å². The highest BCUT2D eigenvalue weighted by Crippen LogP contribution is 2.18. The molecular weight excluding hydrogens is 278 g/mol. The summed E-state index contributed by atoms with van der Waals surface area (Å²) in [5.41, 5.74) is 2.46. The summed E-state index contributed by atoms with van der Waals surface area (Å²) in [4.78, 5) is 12.2. The molecule has 0 bridgehead atoms. The molecule has 0 heterocycles. The van der Waals surface area contributed by atoms with Gasteiger partial charge in [-0.2, -0.15) is 0 Å². The lowest BCUT2D eigenvalue weighted by Crippen LogP contribution is -2.25. The summed E-state index contributed by atoms with van der Waals surface area (Å²) in [6.45, 7) is 4.01. The number of aliphatic hydroxyl groups excluding tert-OH is 1. The largest absolute Gasteiger partial charge is 0.493 e. The van der Waals surface area contributed by atoms with Crippen molar-refractivity contribution in [3.05, 3.63) is 59.7 Å². The number of amides is 1. The van der Waals surface area contributed by atoms with Crippen LogP contribution in [0.5, 0.6) is 5.75 Å². The van der Waals surface area contributed by atoms with E-state index in [1.165, 1.54) is 0 Å². The fourth-order valence-electron chi connectivity index (χ4n) is 1.97. The van der Waals surface area contributed by atoms with Gasteiger partial charge in [0.15, 0.2) is 0 Å². The van der Waals surface area contributed by atoms with Crippen LogP contribution in [-0.4, -0.2) is 17.6 Å². The molecule has 0 radical (unpaired) electrons. The Morgan fingerprint density at radius 3 is 2.64 bits per heavy atom. The van der Waals surface area contributed by atoms with Crippen molar-refractivity contribution < 1.29 is 14.6 Å². The fourth-order valence-corrected chi connectivity index (χ4v) is 1.97. The van der Waals surface area contributed by atoms with Crippen LogP contribution in [0.25, 0.3) is 0 Å². The van der Waals surface area contributed by atoms with E-state index < -0.39 is 0 Å². The van der Waals surface area contributed by atoms with Crippen LogP contribution in [0.4, 0.5) is 5.69 Å². The van der Waals surface area contributed by atoms with E-state index in [9.17, 15) is 9.90 Å². The second kappa shape index (κ2) is 7.61. The summed E-state index contributed by atoms with van der Waals surface area (Å²) >= 11 is 0. The van der Waals surface area contributed by atoms with Gasteiger partial charge in [0.2, 0.25) is 5.91 Å². The van der Waals surface area contributed by atoms with E-state index in [1.807, 2.05) is 56.3 Å². The molecule has 0 aliphatic rings. The second-order valence-electron chi connectivity index (χ2n) is 5.32. The van der Waals surface area contributed by atoms with E-state index >= 15 is 0 Å². The minimum absolute atomic E-state index is 0.0458. The van der Waals surface area contributed by atoms with Crippen LogP contribution >= 0.6 is 0 Å². The highest BCUT2D eigenvalue weighted by molar-refractivity contribution is 5.93. The molecule has 0 saturated heterocycles. The SMILES string of the molecule is Cc1ccc(CO)cc1NC(=O)C(C)COc1ccccc1. The number of benzene rings is 2. The second-order valence-corrected chi connectivity index (χ2v) is 5.32. The number of aliphatic hydroxyl groups is 1. The average Bonchev–Trinajstić information content (AvgIpc) is 2.55. The number of ether oxygens (including phenoxy) is 1. The zero-order chi connectivity index (χ0) is 15.9. The minimum atomic E-state index is -0.280. The van der Waals surface area contributed by atoms with Crippen LogP contribution in [0, 0.1) is 12.8 Å². The molecule has 0 aromatic heterocycles. The van der Waals surface area contributed by atoms with Crippen LogP contribution in [-0.2, 0) is 11.4 Å². The molecule has 2 N–H and O–H groups in total. The first-order valence-corrected chi connectivity index (χ1v) is 7.29.